The molecule has 0 aliphatic heterocycles. The van der Waals surface area contributed by atoms with Crippen LogP contribution in [0.4, 0.5) is 15.3 Å². The molecule has 0 aromatic heterocycles. The van der Waals surface area contributed by atoms with Crippen molar-refractivity contribution >= 4 is 23.7 Å². The minimum Gasteiger partial charge on any atom is -0.505 e. The molecule has 1 rings (SSSR count). The van der Waals surface area contributed by atoms with Gasteiger partial charge < -0.3 is 31.9 Å². The quantitative estimate of drug-likeness (QED) is 0.328. The van der Waals surface area contributed by atoms with Crippen LogP contribution in [-0.4, -0.2) is 41.3 Å². The number of aromatic carboxylic acids is 1. The van der Waals surface area contributed by atoms with Crippen molar-refractivity contribution in [2.45, 2.75) is 0 Å². The molecule has 0 saturated heterocycles. The first kappa shape index (κ1) is 15.1. The number of amides is 4. The molecule has 0 aliphatic carbocycles. The van der Waals surface area contributed by atoms with Crippen molar-refractivity contribution in [1.82, 2.24) is 10.6 Å². The molecule has 0 atom stereocenters. The molecule has 4 amide bonds. The number of anilines is 1. The predicted octanol–water partition coefficient (Wildman–Crippen LogP) is -0.120. The van der Waals surface area contributed by atoms with Gasteiger partial charge in [-0.3, -0.25) is 0 Å². The number of para-hydroxylation sites is 1. The van der Waals surface area contributed by atoms with Crippen molar-refractivity contribution in [3.63, 3.8) is 0 Å². The van der Waals surface area contributed by atoms with Gasteiger partial charge in [0.25, 0.3) is 0 Å². The lowest BCUT2D eigenvalue weighted by molar-refractivity contribution is 0.0693. The van der Waals surface area contributed by atoms with Crippen molar-refractivity contribution in [3.05, 3.63) is 23.8 Å². The third-order valence-corrected chi connectivity index (χ3v) is 2.22. The minimum atomic E-state index is -1.31. The summed E-state index contributed by atoms with van der Waals surface area (Å²) in [4.78, 5) is 32.6. The normalized spacial score (nSPS) is 9.60. The average Bonchev–Trinajstić information content (AvgIpc) is 2.36. The number of nitrogens with two attached hydrogens (primary N) is 1. The molecule has 1 aromatic rings. The van der Waals surface area contributed by atoms with Gasteiger partial charge in [0.2, 0.25) is 0 Å². The lowest BCUT2D eigenvalue weighted by Gasteiger charge is -2.10. The van der Waals surface area contributed by atoms with Crippen molar-refractivity contribution in [2.75, 3.05) is 18.4 Å². The van der Waals surface area contributed by atoms with Gasteiger partial charge in [-0.25, -0.2) is 14.4 Å². The molecule has 1 aromatic carbocycles. The van der Waals surface area contributed by atoms with Crippen LogP contribution in [0.1, 0.15) is 10.4 Å². The van der Waals surface area contributed by atoms with Crippen molar-refractivity contribution < 1.29 is 24.6 Å². The third kappa shape index (κ3) is 4.37. The molecule has 20 heavy (non-hydrogen) atoms. The fourth-order valence-corrected chi connectivity index (χ4v) is 1.35. The topological polar surface area (TPSA) is 154 Å². The van der Waals surface area contributed by atoms with Gasteiger partial charge in [-0.15, -0.1) is 0 Å². The van der Waals surface area contributed by atoms with E-state index in [1.165, 1.54) is 18.2 Å². The number of phenols is 1. The molecule has 0 unspecified atom stereocenters. The van der Waals surface area contributed by atoms with E-state index in [2.05, 4.69) is 16.0 Å². The number of carbonyl (C=O) groups excluding carboxylic acids is 2. The van der Waals surface area contributed by atoms with Gasteiger partial charge in [0.15, 0.2) is 5.75 Å². The molecule has 0 aliphatic rings. The van der Waals surface area contributed by atoms with E-state index in [1.807, 2.05) is 0 Å². The van der Waals surface area contributed by atoms with Crippen LogP contribution in [0.15, 0.2) is 18.2 Å². The van der Waals surface area contributed by atoms with Crippen LogP contribution < -0.4 is 21.7 Å². The molecule has 0 fully saturated rings. The molecular formula is C11H14N4O5. The Morgan fingerprint density at radius 2 is 1.80 bits per heavy atom. The van der Waals surface area contributed by atoms with Gasteiger partial charge in [0.1, 0.15) is 5.56 Å². The van der Waals surface area contributed by atoms with Gasteiger partial charge in [-0.1, -0.05) is 6.07 Å². The van der Waals surface area contributed by atoms with Crippen LogP contribution in [0, 0.1) is 0 Å². The molecule has 0 bridgehead atoms. The second-order valence-corrected chi connectivity index (χ2v) is 3.68. The maximum absolute atomic E-state index is 11.5. The Bertz CT molecular complexity index is 532. The number of hydrogen-bond acceptors (Lipinski definition) is 4. The number of carbonyl (C=O) groups is 3. The Hall–Kier alpha value is -2.97. The summed E-state index contributed by atoms with van der Waals surface area (Å²) in [7, 11) is 0. The molecule has 0 saturated carbocycles. The molecule has 0 heterocycles. The standard InChI is InChI=1S/C11H14N4O5/c12-10(19)13-4-5-14-11(20)15-7-3-1-2-6(8(7)16)9(17)18/h1-3,16H,4-5H2,(H,17,18)(H3,12,13,19)(H2,14,15,20). The monoisotopic (exact) mass is 282 g/mol. The maximum atomic E-state index is 11.5. The Morgan fingerprint density at radius 3 is 2.40 bits per heavy atom. The van der Waals surface area contributed by atoms with Crippen LogP contribution in [-0.2, 0) is 0 Å². The molecule has 9 nitrogen and oxygen atoms in total. The van der Waals surface area contributed by atoms with Crippen molar-refractivity contribution in [3.8, 4) is 5.75 Å². The molecule has 7 N–H and O–H groups in total. The first-order valence-corrected chi connectivity index (χ1v) is 5.55. The van der Waals surface area contributed by atoms with Crippen LogP contribution >= 0.6 is 0 Å². The highest BCUT2D eigenvalue weighted by molar-refractivity contribution is 5.97. The van der Waals surface area contributed by atoms with Gasteiger partial charge >= 0.3 is 18.0 Å². The van der Waals surface area contributed by atoms with E-state index in [0.717, 1.165) is 0 Å². The molecule has 108 valence electrons. The highest BCUT2D eigenvalue weighted by atomic mass is 16.4. The minimum absolute atomic E-state index is 0.0368. The predicted molar refractivity (Wildman–Crippen MR) is 69.7 cm³/mol. The Morgan fingerprint density at radius 1 is 1.15 bits per heavy atom. The largest absolute Gasteiger partial charge is 0.505 e. The number of primary amides is 1. The summed E-state index contributed by atoms with van der Waals surface area (Å²) in [6.45, 7) is 0.262. The molecular weight excluding hydrogens is 268 g/mol. The summed E-state index contributed by atoms with van der Waals surface area (Å²) in [5, 5.41) is 25.4. The number of hydrogen-bond donors (Lipinski definition) is 6. The summed E-state index contributed by atoms with van der Waals surface area (Å²) in [6, 6.07) is 2.57. The van der Waals surface area contributed by atoms with Gasteiger partial charge in [-0.05, 0) is 12.1 Å². The SMILES string of the molecule is NC(=O)NCCNC(=O)Nc1cccc(C(=O)O)c1O. The maximum Gasteiger partial charge on any atom is 0.339 e. The summed E-state index contributed by atoms with van der Waals surface area (Å²) in [5.74, 6) is -1.84. The van der Waals surface area contributed by atoms with Gasteiger partial charge in [0, 0.05) is 13.1 Å². The number of rotatable bonds is 5. The molecule has 0 spiro atoms. The highest BCUT2D eigenvalue weighted by Gasteiger charge is 2.14. The number of benzene rings is 1. The van der Waals surface area contributed by atoms with E-state index in [4.69, 9.17) is 10.8 Å². The van der Waals surface area contributed by atoms with E-state index in [9.17, 15) is 19.5 Å². The zero-order valence-corrected chi connectivity index (χ0v) is 10.3. The van der Waals surface area contributed by atoms with Crippen molar-refractivity contribution in [2.24, 2.45) is 5.73 Å². The summed E-state index contributed by atoms with van der Waals surface area (Å²) in [5.41, 5.74) is 4.47. The van der Waals surface area contributed by atoms with Crippen LogP contribution in [0.25, 0.3) is 0 Å². The van der Waals surface area contributed by atoms with Gasteiger partial charge in [-0.2, -0.15) is 0 Å². The highest BCUT2D eigenvalue weighted by Crippen LogP contribution is 2.27. The first-order valence-electron chi connectivity index (χ1n) is 5.55. The number of nitrogens with one attached hydrogen (secondary N) is 3. The van der Waals surface area contributed by atoms with Crippen molar-refractivity contribution in [1.29, 1.82) is 0 Å². The number of carboxylic acids is 1. The lowest BCUT2D eigenvalue weighted by Crippen LogP contribution is -2.38. The Kier molecular flexibility index (Phi) is 5.15. The molecule has 0 radical (unpaired) electrons. The zero-order valence-electron chi connectivity index (χ0n) is 10.3. The van der Waals surface area contributed by atoms with E-state index in [1.54, 1.807) is 0 Å². The van der Waals surface area contributed by atoms with E-state index in [0.29, 0.717) is 0 Å². The van der Waals surface area contributed by atoms with E-state index < -0.39 is 23.8 Å². The lowest BCUT2D eigenvalue weighted by atomic mass is 10.2. The summed E-state index contributed by atoms with van der Waals surface area (Å²) >= 11 is 0. The second kappa shape index (κ2) is 6.83. The van der Waals surface area contributed by atoms with E-state index in [-0.39, 0.29) is 24.3 Å². The number of carboxylic acid groups (broad SMARTS) is 1. The number of urea groups is 2. The summed E-state index contributed by atoms with van der Waals surface area (Å²) in [6.07, 6.45) is 0. The third-order valence-electron chi connectivity index (χ3n) is 2.22. The Balaban J connectivity index is 2.56. The van der Waals surface area contributed by atoms with E-state index >= 15 is 0 Å². The zero-order chi connectivity index (χ0) is 15.1. The average molecular weight is 282 g/mol. The Labute approximate surface area is 113 Å². The first-order chi connectivity index (χ1) is 9.41. The fraction of sp³-hybridized carbons (Fsp3) is 0.182. The van der Waals surface area contributed by atoms with Crippen LogP contribution in [0.2, 0.25) is 0 Å². The van der Waals surface area contributed by atoms with Crippen LogP contribution in [0.3, 0.4) is 0 Å². The van der Waals surface area contributed by atoms with Gasteiger partial charge in [0.05, 0.1) is 5.69 Å². The smallest absolute Gasteiger partial charge is 0.339 e. The van der Waals surface area contributed by atoms with Crippen LogP contribution in [0.5, 0.6) is 5.75 Å². The molecule has 9 heteroatoms. The fourth-order valence-electron chi connectivity index (χ4n) is 1.35. The summed E-state index contributed by atoms with van der Waals surface area (Å²) < 4.78 is 0. The second-order valence-electron chi connectivity index (χ2n) is 3.68. The number of aromatic hydroxyl groups is 1.